The van der Waals surface area contributed by atoms with Crippen LogP contribution >= 0.6 is 27.3 Å². The third-order valence-corrected chi connectivity index (χ3v) is 4.51. The van der Waals surface area contributed by atoms with E-state index in [1.54, 1.807) is 0 Å². The molecule has 0 aliphatic carbocycles. The molecule has 5 nitrogen and oxygen atoms in total. The number of hydrogen-bond acceptors (Lipinski definition) is 4. The Morgan fingerprint density at radius 2 is 2.26 bits per heavy atom. The van der Waals surface area contributed by atoms with E-state index >= 15 is 0 Å². The average Bonchev–Trinajstić information content (AvgIpc) is 2.94. The molecule has 0 bridgehead atoms. The quantitative estimate of drug-likeness (QED) is 0.896. The number of carbonyl (C=O) groups excluding carboxylic acids is 1. The van der Waals surface area contributed by atoms with Gasteiger partial charge in [0, 0.05) is 4.47 Å². The molecule has 7 heteroatoms. The van der Waals surface area contributed by atoms with Crippen molar-refractivity contribution in [1.82, 2.24) is 20.5 Å². The molecule has 2 heterocycles. The molecule has 2 N–H and O–H groups in total. The number of amides is 1. The van der Waals surface area contributed by atoms with E-state index in [1.807, 2.05) is 32.2 Å². The van der Waals surface area contributed by atoms with Gasteiger partial charge in [0.15, 0.2) is 5.82 Å². The Hall–Kier alpha value is -1.21. The number of carbonyl (C=O) groups is 1. The second-order valence-corrected chi connectivity index (χ2v) is 6.34. The predicted molar refractivity (Wildman–Crippen MR) is 78.2 cm³/mol. The zero-order valence-electron chi connectivity index (χ0n) is 10.9. The highest BCUT2D eigenvalue weighted by Crippen LogP contribution is 2.25. The number of aromatic amines is 1. The minimum atomic E-state index is -0.202. The molecule has 1 atom stereocenters. The molecule has 0 saturated heterocycles. The lowest BCUT2D eigenvalue weighted by Crippen LogP contribution is -2.32. The van der Waals surface area contributed by atoms with E-state index in [4.69, 9.17) is 0 Å². The van der Waals surface area contributed by atoms with E-state index in [1.165, 1.54) is 11.3 Å². The zero-order chi connectivity index (χ0) is 14.0. The Kier molecular flexibility index (Phi) is 4.36. The fourth-order valence-electron chi connectivity index (χ4n) is 1.69. The highest BCUT2D eigenvalue weighted by Gasteiger charge is 2.24. The molecule has 0 aliphatic heterocycles. The lowest BCUT2D eigenvalue weighted by Gasteiger charge is -2.19. The molecule has 2 aromatic rings. The van der Waals surface area contributed by atoms with E-state index in [9.17, 15) is 4.79 Å². The van der Waals surface area contributed by atoms with E-state index in [0.29, 0.717) is 10.7 Å². The van der Waals surface area contributed by atoms with Crippen LogP contribution in [0.15, 0.2) is 15.9 Å². The molecule has 1 amide bonds. The van der Waals surface area contributed by atoms with Crippen molar-refractivity contribution in [2.45, 2.75) is 26.8 Å². The van der Waals surface area contributed by atoms with Gasteiger partial charge in [-0.05, 0) is 40.2 Å². The first-order valence-corrected chi connectivity index (χ1v) is 7.59. The molecule has 19 heavy (non-hydrogen) atoms. The van der Waals surface area contributed by atoms with E-state index in [0.717, 1.165) is 10.3 Å². The van der Waals surface area contributed by atoms with E-state index < -0.39 is 0 Å². The molecule has 102 valence electrons. The number of rotatable bonds is 4. The second-order valence-electron chi connectivity index (χ2n) is 4.57. The maximum absolute atomic E-state index is 12.2. The van der Waals surface area contributed by atoms with Crippen LogP contribution in [0.1, 0.15) is 41.2 Å². The van der Waals surface area contributed by atoms with Gasteiger partial charge in [-0.15, -0.1) is 11.3 Å². The largest absolute Gasteiger partial charge is 0.341 e. The number of halogens is 1. The van der Waals surface area contributed by atoms with Crippen molar-refractivity contribution >= 4 is 33.2 Å². The topological polar surface area (TPSA) is 70.7 Å². The summed E-state index contributed by atoms with van der Waals surface area (Å²) in [5.41, 5.74) is 0. The van der Waals surface area contributed by atoms with Crippen molar-refractivity contribution in [2.24, 2.45) is 5.92 Å². The Bertz CT molecular complexity index is 578. The molecule has 0 saturated carbocycles. The Balaban J connectivity index is 2.18. The van der Waals surface area contributed by atoms with Crippen molar-refractivity contribution in [2.75, 3.05) is 0 Å². The maximum atomic E-state index is 12.2. The molecule has 0 aromatic carbocycles. The van der Waals surface area contributed by atoms with Crippen molar-refractivity contribution in [3.05, 3.63) is 32.4 Å². The summed E-state index contributed by atoms with van der Waals surface area (Å²) in [5, 5.41) is 11.8. The monoisotopic (exact) mass is 342 g/mol. The Morgan fingerprint density at radius 3 is 2.74 bits per heavy atom. The van der Waals surface area contributed by atoms with Crippen LogP contribution in [-0.4, -0.2) is 21.1 Å². The van der Waals surface area contributed by atoms with Crippen LogP contribution in [0.25, 0.3) is 0 Å². The van der Waals surface area contributed by atoms with Crippen molar-refractivity contribution in [1.29, 1.82) is 0 Å². The van der Waals surface area contributed by atoms with Crippen LogP contribution in [-0.2, 0) is 0 Å². The van der Waals surface area contributed by atoms with Gasteiger partial charge < -0.3 is 5.32 Å². The Labute approximate surface area is 124 Å². The maximum Gasteiger partial charge on any atom is 0.263 e. The van der Waals surface area contributed by atoms with Crippen molar-refractivity contribution < 1.29 is 4.79 Å². The van der Waals surface area contributed by atoms with Gasteiger partial charge in [0.25, 0.3) is 5.91 Å². The summed E-state index contributed by atoms with van der Waals surface area (Å²) in [6.45, 7) is 5.89. The predicted octanol–water partition coefficient (Wildman–Crippen LogP) is 3.06. The summed E-state index contributed by atoms with van der Waals surface area (Å²) >= 11 is 4.77. The van der Waals surface area contributed by atoms with E-state index in [-0.39, 0.29) is 17.9 Å². The number of nitrogens with zero attached hydrogens (tertiary/aromatic N) is 2. The van der Waals surface area contributed by atoms with Crippen LogP contribution in [0.3, 0.4) is 0 Å². The normalized spacial score (nSPS) is 12.7. The van der Waals surface area contributed by atoms with Gasteiger partial charge in [0.1, 0.15) is 10.7 Å². The fraction of sp³-hybridized carbons (Fsp3) is 0.417. The smallest absolute Gasteiger partial charge is 0.263 e. The SMILES string of the molecule is Cc1nc([C@@H](NC(=O)c2sccc2Br)C(C)C)n[nH]1. The molecule has 0 aliphatic rings. The third-order valence-electron chi connectivity index (χ3n) is 2.67. The number of thiophene rings is 1. The summed E-state index contributed by atoms with van der Waals surface area (Å²) in [5.74, 6) is 1.46. The summed E-state index contributed by atoms with van der Waals surface area (Å²) in [7, 11) is 0. The lowest BCUT2D eigenvalue weighted by molar-refractivity contribution is 0.0926. The zero-order valence-corrected chi connectivity index (χ0v) is 13.3. The van der Waals surface area contributed by atoms with Gasteiger partial charge in [0.05, 0.1) is 6.04 Å². The van der Waals surface area contributed by atoms with Crippen molar-refractivity contribution in [3.8, 4) is 0 Å². The van der Waals surface area contributed by atoms with Crippen LogP contribution in [0.4, 0.5) is 0 Å². The molecule has 0 spiro atoms. The van der Waals surface area contributed by atoms with E-state index in [2.05, 4.69) is 36.4 Å². The van der Waals surface area contributed by atoms with Crippen LogP contribution in [0.5, 0.6) is 0 Å². The first kappa shape index (κ1) is 14.2. The summed E-state index contributed by atoms with van der Waals surface area (Å²) in [6, 6.07) is 1.66. The van der Waals surface area contributed by atoms with Crippen LogP contribution in [0, 0.1) is 12.8 Å². The molecule has 0 radical (unpaired) electrons. The standard InChI is InChI=1S/C12H15BrN4OS/c1-6(2)9(11-14-7(3)16-17-11)15-12(18)10-8(13)4-5-19-10/h4-6,9H,1-3H3,(H,15,18)(H,14,16,17)/t9-/m0/s1. The van der Waals surface area contributed by atoms with Gasteiger partial charge in [0.2, 0.25) is 0 Å². The molecule has 0 unspecified atom stereocenters. The highest BCUT2D eigenvalue weighted by molar-refractivity contribution is 9.10. The Morgan fingerprint density at radius 1 is 1.53 bits per heavy atom. The summed E-state index contributed by atoms with van der Waals surface area (Å²) < 4.78 is 0.809. The minimum Gasteiger partial charge on any atom is -0.341 e. The number of hydrogen-bond donors (Lipinski definition) is 2. The lowest BCUT2D eigenvalue weighted by atomic mass is 10.0. The van der Waals surface area contributed by atoms with Crippen molar-refractivity contribution in [3.63, 3.8) is 0 Å². The van der Waals surface area contributed by atoms with Crippen LogP contribution in [0.2, 0.25) is 0 Å². The first-order chi connectivity index (χ1) is 8.99. The highest BCUT2D eigenvalue weighted by atomic mass is 79.9. The van der Waals surface area contributed by atoms with Crippen LogP contribution < -0.4 is 5.32 Å². The molecular weight excluding hydrogens is 328 g/mol. The molecular formula is C12H15BrN4OS. The second kappa shape index (κ2) is 5.83. The minimum absolute atomic E-state index is 0.108. The summed E-state index contributed by atoms with van der Waals surface area (Å²) in [4.78, 5) is 17.2. The number of aryl methyl sites for hydroxylation is 1. The average molecular weight is 343 g/mol. The van der Waals surface area contributed by atoms with Gasteiger partial charge >= 0.3 is 0 Å². The third kappa shape index (κ3) is 3.22. The first-order valence-electron chi connectivity index (χ1n) is 5.91. The number of aromatic nitrogens is 3. The van der Waals surface area contributed by atoms with Gasteiger partial charge in [-0.3, -0.25) is 9.89 Å². The fourth-order valence-corrected chi connectivity index (χ4v) is 3.15. The van der Waals surface area contributed by atoms with Gasteiger partial charge in [-0.1, -0.05) is 13.8 Å². The van der Waals surface area contributed by atoms with Gasteiger partial charge in [-0.25, -0.2) is 4.98 Å². The molecule has 2 rings (SSSR count). The molecule has 0 fully saturated rings. The molecule has 2 aromatic heterocycles. The number of nitrogens with one attached hydrogen (secondary N) is 2. The van der Waals surface area contributed by atoms with Gasteiger partial charge in [-0.2, -0.15) is 5.10 Å². The summed E-state index contributed by atoms with van der Waals surface area (Å²) in [6.07, 6.45) is 0. The number of H-pyrrole nitrogens is 1.